The molecule has 0 saturated heterocycles. The third kappa shape index (κ3) is 4.70. The number of aromatic nitrogens is 1. The van der Waals surface area contributed by atoms with Crippen molar-refractivity contribution in [2.24, 2.45) is 0 Å². The van der Waals surface area contributed by atoms with E-state index in [1.165, 1.54) is 12.1 Å². The molecule has 8 heteroatoms. The van der Waals surface area contributed by atoms with Crippen LogP contribution in [0.1, 0.15) is 34.3 Å². The zero-order valence-corrected chi connectivity index (χ0v) is 16.3. The highest BCUT2D eigenvalue weighted by atomic mass is 19.1. The molecule has 1 aromatic carbocycles. The average Bonchev–Trinajstić information content (AvgIpc) is 3.51. The zero-order chi connectivity index (χ0) is 21.1. The number of likely N-dealkylation sites (N-methyl/N-ethyl adjacent to an activating group) is 1. The number of aryl methyl sites for hydroxylation is 1. The highest BCUT2D eigenvalue weighted by Crippen LogP contribution is 2.29. The van der Waals surface area contributed by atoms with Gasteiger partial charge in [0.05, 0.1) is 23.8 Å². The Morgan fingerprint density at radius 2 is 2.17 bits per heavy atom. The molecule has 0 radical (unpaired) electrons. The fraction of sp³-hybridized carbons (Fsp3) is 0.381. The van der Waals surface area contributed by atoms with Crippen molar-refractivity contribution < 1.29 is 19.4 Å². The van der Waals surface area contributed by atoms with E-state index < -0.39 is 24.4 Å². The molecule has 1 fully saturated rings. The summed E-state index contributed by atoms with van der Waals surface area (Å²) >= 11 is 0. The number of nitriles is 1. The van der Waals surface area contributed by atoms with E-state index in [1.54, 1.807) is 31.1 Å². The van der Waals surface area contributed by atoms with Gasteiger partial charge in [0.2, 0.25) is 0 Å². The molecule has 1 aliphatic rings. The van der Waals surface area contributed by atoms with Crippen LogP contribution in [0, 0.1) is 24.1 Å². The van der Waals surface area contributed by atoms with E-state index >= 15 is 0 Å². The number of aliphatic hydroxyl groups is 2. The van der Waals surface area contributed by atoms with Crippen LogP contribution in [0.2, 0.25) is 0 Å². The lowest BCUT2D eigenvalue weighted by Crippen LogP contribution is -2.32. The van der Waals surface area contributed by atoms with Crippen molar-refractivity contribution in [1.82, 2.24) is 10.3 Å². The van der Waals surface area contributed by atoms with Crippen LogP contribution in [-0.4, -0.2) is 53.4 Å². The number of pyridine rings is 1. The second-order valence-electron chi connectivity index (χ2n) is 7.32. The van der Waals surface area contributed by atoms with Gasteiger partial charge in [0.25, 0.3) is 5.91 Å². The van der Waals surface area contributed by atoms with Gasteiger partial charge in [-0.1, -0.05) is 0 Å². The normalized spacial score (nSPS) is 14.2. The number of carbonyl (C=O) groups is 1. The van der Waals surface area contributed by atoms with Crippen LogP contribution in [-0.2, 0) is 0 Å². The number of nitrogens with one attached hydrogen (secondary N) is 1. The number of benzene rings is 1. The Morgan fingerprint density at radius 1 is 1.45 bits per heavy atom. The van der Waals surface area contributed by atoms with E-state index in [9.17, 15) is 19.6 Å². The van der Waals surface area contributed by atoms with Gasteiger partial charge in [0.15, 0.2) is 0 Å². The largest absolute Gasteiger partial charge is 0.394 e. The Kier molecular flexibility index (Phi) is 6.11. The third-order valence-electron chi connectivity index (χ3n) is 4.83. The molecule has 1 aliphatic carbocycles. The Balaban J connectivity index is 1.95. The summed E-state index contributed by atoms with van der Waals surface area (Å²) in [7, 11) is 1.66. The van der Waals surface area contributed by atoms with Gasteiger partial charge in [0, 0.05) is 31.4 Å². The molecule has 2 aromatic rings. The highest BCUT2D eigenvalue weighted by Gasteiger charge is 2.26. The molecule has 0 spiro atoms. The maximum atomic E-state index is 14.4. The van der Waals surface area contributed by atoms with E-state index in [2.05, 4.69) is 16.4 Å². The first-order chi connectivity index (χ1) is 13.8. The van der Waals surface area contributed by atoms with Gasteiger partial charge >= 0.3 is 0 Å². The lowest BCUT2D eigenvalue weighted by molar-refractivity contribution is 0.0947. The monoisotopic (exact) mass is 398 g/mol. The summed E-state index contributed by atoms with van der Waals surface area (Å²) < 4.78 is 14.4. The van der Waals surface area contributed by atoms with Crippen molar-refractivity contribution in [3.63, 3.8) is 0 Å². The molecule has 3 rings (SSSR count). The Hall–Kier alpha value is -3.02. The first-order valence-electron chi connectivity index (χ1n) is 9.35. The van der Waals surface area contributed by atoms with Crippen molar-refractivity contribution in [3.05, 3.63) is 46.9 Å². The number of hydrogen-bond acceptors (Lipinski definition) is 6. The summed E-state index contributed by atoms with van der Waals surface area (Å²) in [5, 5.41) is 30.9. The molecule has 1 saturated carbocycles. The molecule has 152 valence electrons. The van der Waals surface area contributed by atoms with Gasteiger partial charge in [-0.25, -0.2) is 9.37 Å². The van der Waals surface area contributed by atoms with Gasteiger partial charge < -0.3 is 20.4 Å². The van der Waals surface area contributed by atoms with Crippen LogP contribution in [0.3, 0.4) is 0 Å². The summed E-state index contributed by atoms with van der Waals surface area (Å²) in [6.45, 7) is 1.44. The standard InChI is InChI=1S/C21H23FN4O3/c1-12-5-19(22)18(21(29)25-15-3-4-15)7-17(12)14-6-13(8-23)20(24-9-14)26(2)10-16(28)11-27/h5-7,9,15-16,27-28H,3-4,10-11H2,1-2H3,(H,25,29). The first-order valence-corrected chi connectivity index (χ1v) is 9.35. The van der Waals surface area contributed by atoms with Crippen LogP contribution >= 0.6 is 0 Å². The predicted octanol–water partition coefficient (Wildman–Crippen LogP) is 1.75. The van der Waals surface area contributed by atoms with Gasteiger partial charge in [-0.3, -0.25) is 4.79 Å². The molecule has 1 heterocycles. The van der Waals surface area contributed by atoms with E-state index in [-0.39, 0.29) is 23.7 Å². The predicted molar refractivity (Wildman–Crippen MR) is 106 cm³/mol. The summed E-state index contributed by atoms with van der Waals surface area (Å²) in [6, 6.07) is 6.60. The van der Waals surface area contributed by atoms with Gasteiger partial charge in [-0.15, -0.1) is 0 Å². The van der Waals surface area contributed by atoms with Crippen molar-refractivity contribution >= 4 is 11.7 Å². The van der Waals surface area contributed by atoms with Crippen LogP contribution < -0.4 is 10.2 Å². The topological polar surface area (TPSA) is 109 Å². The fourth-order valence-electron chi connectivity index (χ4n) is 3.10. The quantitative estimate of drug-likeness (QED) is 0.656. The molecule has 1 unspecified atom stereocenters. The Morgan fingerprint density at radius 3 is 2.79 bits per heavy atom. The Labute approximate surface area is 168 Å². The molecule has 0 bridgehead atoms. The van der Waals surface area contributed by atoms with Crippen molar-refractivity contribution in [1.29, 1.82) is 5.26 Å². The number of rotatable bonds is 7. The smallest absolute Gasteiger partial charge is 0.254 e. The maximum Gasteiger partial charge on any atom is 0.254 e. The Bertz CT molecular complexity index is 969. The lowest BCUT2D eigenvalue weighted by atomic mass is 9.97. The van der Waals surface area contributed by atoms with Gasteiger partial charge in [-0.05, 0) is 49.1 Å². The molecule has 1 atom stereocenters. The molecular formula is C21H23FN4O3. The van der Waals surface area contributed by atoms with Gasteiger partial charge in [0.1, 0.15) is 17.7 Å². The third-order valence-corrected chi connectivity index (χ3v) is 4.83. The molecule has 3 N–H and O–H groups in total. The number of nitrogens with zero attached hydrogens (tertiary/aromatic N) is 3. The van der Waals surface area contributed by atoms with E-state index in [4.69, 9.17) is 5.11 Å². The zero-order valence-electron chi connectivity index (χ0n) is 16.3. The number of amides is 1. The first kappa shape index (κ1) is 20.7. The molecular weight excluding hydrogens is 375 g/mol. The summed E-state index contributed by atoms with van der Waals surface area (Å²) in [5.74, 6) is -0.684. The minimum atomic E-state index is -0.958. The van der Waals surface area contributed by atoms with Crippen molar-refractivity contribution in [2.45, 2.75) is 31.9 Å². The summed E-state index contributed by atoms with van der Waals surface area (Å²) in [4.78, 5) is 18.2. The number of aliphatic hydroxyl groups excluding tert-OH is 2. The average molecular weight is 398 g/mol. The number of hydrogen-bond donors (Lipinski definition) is 3. The van der Waals surface area contributed by atoms with E-state index in [1.807, 2.05) is 0 Å². The number of halogens is 1. The van der Waals surface area contributed by atoms with E-state index in [0.29, 0.717) is 22.5 Å². The van der Waals surface area contributed by atoms with Crippen LogP contribution in [0.5, 0.6) is 0 Å². The SMILES string of the molecule is Cc1cc(F)c(C(=O)NC2CC2)cc1-c1cnc(N(C)CC(O)CO)c(C#N)c1. The maximum absolute atomic E-state index is 14.4. The molecule has 0 aliphatic heterocycles. The fourth-order valence-corrected chi connectivity index (χ4v) is 3.10. The molecule has 1 amide bonds. The minimum Gasteiger partial charge on any atom is -0.394 e. The number of anilines is 1. The van der Waals surface area contributed by atoms with Crippen LogP contribution in [0.15, 0.2) is 24.4 Å². The van der Waals surface area contributed by atoms with Crippen LogP contribution in [0.4, 0.5) is 10.2 Å². The minimum absolute atomic E-state index is 0.0386. The van der Waals surface area contributed by atoms with Crippen LogP contribution in [0.25, 0.3) is 11.1 Å². The van der Waals surface area contributed by atoms with Crippen molar-refractivity contribution in [3.8, 4) is 17.2 Å². The van der Waals surface area contributed by atoms with Gasteiger partial charge in [-0.2, -0.15) is 5.26 Å². The summed E-state index contributed by atoms with van der Waals surface area (Å²) in [6.07, 6.45) is 2.39. The second kappa shape index (κ2) is 8.55. The van der Waals surface area contributed by atoms with E-state index in [0.717, 1.165) is 12.8 Å². The van der Waals surface area contributed by atoms with Crippen molar-refractivity contribution in [2.75, 3.05) is 25.1 Å². The molecule has 7 nitrogen and oxygen atoms in total. The highest BCUT2D eigenvalue weighted by molar-refractivity contribution is 5.96. The molecule has 29 heavy (non-hydrogen) atoms. The molecule has 1 aromatic heterocycles. The lowest BCUT2D eigenvalue weighted by Gasteiger charge is -2.22. The summed E-state index contributed by atoms with van der Waals surface area (Å²) in [5.41, 5.74) is 2.04. The number of carbonyl (C=O) groups excluding carboxylic acids is 1. The second-order valence-corrected chi connectivity index (χ2v) is 7.32.